The second kappa shape index (κ2) is 3.06. The number of rotatable bonds is 2. The minimum absolute atomic E-state index is 0.206. The second-order valence-electron chi connectivity index (χ2n) is 2.11. The molecule has 1 atom stereocenters. The van der Waals surface area contributed by atoms with Crippen LogP contribution < -0.4 is 0 Å². The highest BCUT2D eigenvalue weighted by Crippen LogP contribution is 2.26. The van der Waals surface area contributed by atoms with Crippen molar-refractivity contribution in [1.82, 2.24) is 0 Å². The third-order valence-corrected chi connectivity index (χ3v) is 2.84. The van der Waals surface area contributed by atoms with E-state index in [1.54, 1.807) is 11.8 Å². The SMILES string of the molecule is C=CC(=O)C1CCCS1. The summed E-state index contributed by atoms with van der Waals surface area (Å²) in [6.07, 6.45) is 3.67. The molecule has 1 nitrogen and oxygen atoms in total. The third kappa shape index (κ3) is 1.58. The van der Waals surface area contributed by atoms with Crippen LogP contribution in [0.25, 0.3) is 0 Å². The van der Waals surface area contributed by atoms with Crippen molar-refractivity contribution in [3.63, 3.8) is 0 Å². The molecular formula is C7H10OS. The van der Waals surface area contributed by atoms with Gasteiger partial charge in [-0.3, -0.25) is 4.79 Å². The number of carbonyl (C=O) groups excluding carboxylic acids is 1. The van der Waals surface area contributed by atoms with Gasteiger partial charge in [-0.25, -0.2) is 0 Å². The van der Waals surface area contributed by atoms with E-state index in [1.165, 1.54) is 12.5 Å². The van der Waals surface area contributed by atoms with Gasteiger partial charge in [0.2, 0.25) is 0 Å². The molecule has 0 aromatic carbocycles. The fourth-order valence-corrected chi connectivity index (χ4v) is 2.15. The monoisotopic (exact) mass is 142 g/mol. The molecule has 0 amide bonds. The summed E-state index contributed by atoms with van der Waals surface area (Å²) in [5.74, 6) is 1.35. The van der Waals surface area contributed by atoms with Crippen molar-refractivity contribution in [2.24, 2.45) is 0 Å². The lowest BCUT2D eigenvalue weighted by Gasteiger charge is -1.99. The van der Waals surface area contributed by atoms with Crippen molar-refractivity contribution in [1.29, 1.82) is 0 Å². The molecule has 1 heterocycles. The smallest absolute Gasteiger partial charge is 0.168 e. The molecule has 1 aliphatic rings. The molecule has 1 aliphatic heterocycles. The summed E-state index contributed by atoms with van der Waals surface area (Å²) in [6.45, 7) is 3.44. The van der Waals surface area contributed by atoms with Gasteiger partial charge in [-0.2, -0.15) is 11.8 Å². The highest BCUT2D eigenvalue weighted by molar-refractivity contribution is 8.00. The first kappa shape index (κ1) is 6.87. The van der Waals surface area contributed by atoms with Gasteiger partial charge in [0.05, 0.1) is 5.25 Å². The van der Waals surface area contributed by atoms with Crippen LogP contribution in [0, 0.1) is 0 Å². The quantitative estimate of drug-likeness (QED) is 0.545. The van der Waals surface area contributed by atoms with Crippen LogP contribution in [-0.4, -0.2) is 16.8 Å². The molecule has 0 N–H and O–H groups in total. The Balaban J connectivity index is 2.41. The summed E-state index contributed by atoms with van der Waals surface area (Å²) in [5.41, 5.74) is 0. The van der Waals surface area contributed by atoms with E-state index >= 15 is 0 Å². The highest BCUT2D eigenvalue weighted by atomic mass is 32.2. The van der Waals surface area contributed by atoms with Gasteiger partial charge < -0.3 is 0 Å². The highest BCUT2D eigenvalue weighted by Gasteiger charge is 2.20. The molecule has 0 radical (unpaired) electrons. The lowest BCUT2D eigenvalue weighted by atomic mass is 10.2. The predicted octanol–water partition coefficient (Wildman–Crippen LogP) is 1.64. The van der Waals surface area contributed by atoms with E-state index in [0.717, 1.165) is 12.2 Å². The van der Waals surface area contributed by atoms with Crippen molar-refractivity contribution >= 4 is 17.5 Å². The topological polar surface area (TPSA) is 17.1 Å². The fourth-order valence-electron chi connectivity index (χ4n) is 0.933. The normalized spacial score (nSPS) is 26.0. The van der Waals surface area contributed by atoms with Crippen LogP contribution in [0.5, 0.6) is 0 Å². The molecule has 1 fully saturated rings. The first-order valence-corrected chi connectivity index (χ1v) is 4.17. The Hall–Kier alpha value is -0.240. The molecule has 1 rings (SSSR count). The molecule has 0 aromatic heterocycles. The van der Waals surface area contributed by atoms with E-state index < -0.39 is 0 Å². The third-order valence-electron chi connectivity index (χ3n) is 1.45. The number of carbonyl (C=O) groups is 1. The van der Waals surface area contributed by atoms with Crippen LogP contribution in [0.15, 0.2) is 12.7 Å². The Morgan fingerprint density at radius 3 is 3.00 bits per heavy atom. The number of thioether (sulfide) groups is 1. The van der Waals surface area contributed by atoms with Gasteiger partial charge in [-0.1, -0.05) is 6.58 Å². The van der Waals surface area contributed by atoms with E-state index in [4.69, 9.17) is 0 Å². The average molecular weight is 142 g/mol. The number of ketones is 1. The molecule has 0 spiro atoms. The molecule has 0 aromatic rings. The van der Waals surface area contributed by atoms with Crippen LogP contribution in [0.4, 0.5) is 0 Å². The standard InChI is InChI=1S/C7H10OS/c1-2-6(8)7-4-3-5-9-7/h2,7H,1,3-5H2. The van der Waals surface area contributed by atoms with Crippen molar-refractivity contribution in [2.45, 2.75) is 18.1 Å². The first-order chi connectivity index (χ1) is 4.34. The van der Waals surface area contributed by atoms with E-state index in [2.05, 4.69) is 6.58 Å². The van der Waals surface area contributed by atoms with Gasteiger partial charge in [-0.15, -0.1) is 0 Å². The lowest BCUT2D eigenvalue weighted by Crippen LogP contribution is -2.09. The molecule has 0 saturated carbocycles. The zero-order valence-corrected chi connectivity index (χ0v) is 6.12. The Morgan fingerprint density at radius 1 is 1.78 bits per heavy atom. The minimum Gasteiger partial charge on any atom is -0.294 e. The zero-order valence-electron chi connectivity index (χ0n) is 5.30. The summed E-state index contributed by atoms with van der Waals surface area (Å²) in [4.78, 5) is 10.9. The Labute approximate surface area is 59.5 Å². The van der Waals surface area contributed by atoms with Crippen LogP contribution in [0.1, 0.15) is 12.8 Å². The van der Waals surface area contributed by atoms with Gasteiger partial charge in [0.15, 0.2) is 5.78 Å². The van der Waals surface area contributed by atoms with Crippen molar-refractivity contribution < 1.29 is 4.79 Å². The summed E-state index contributed by atoms with van der Waals surface area (Å²) in [6, 6.07) is 0. The maximum absolute atomic E-state index is 10.9. The van der Waals surface area contributed by atoms with Gasteiger partial charge in [0, 0.05) is 0 Å². The van der Waals surface area contributed by atoms with Crippen molar-refractivity contribution in [3.05, 3.63) is 12.7 Å². The number of hydrogen-bond acceptors (Lipinski definition) is 2. The van der Waals surface area contributed by atoms with Crippen LogP contribution in [0.3, 0.4) is 0 Å². The van der Waals surface area contributed by atoms with Gasteiger partial charge in [0.25, 0.3) is 0 Å². The summed E-state index contributed by atoms with van der Waals surface area (Å²) in [5, 5.41) is 0.238. The zero-order chi connectivity index (χ0) is 6.69. The number of hydrogen-bond donors (Lipinski definition) is 0. The predicted molar refractivity (Wildman–Crippen MR) is 40.7 cm³/mol. The van der Waals surface area contributed by atoms with Crippen molar-refractivity contribution in [2.75, 3.05) is 5.75 Å². The molecule has 50 valence electrons. The van der Waals surface area contributed by atoms with Crippen LogP contribution >= 0.6 is 11.8 Å². The average Bonchev–Trinajstić information content (AvgIpc) is 2.37. The molecule has 2 heteroatoms. The number of allylic oxidation sites excluding steroid dienone is 1. The van der Waals surface area contributed by atoms with E-state index in [9.17, 15) is 4.79 Å². The molecule has 9 heavy (non-hydrogen) atoms. The van der Waals surface area contributed by atoms with Gasteiger partial charge in [-0.05, 0) is 24.7 Å². The summed E-state index contributed by atoms with van der Waals surface area (Å²) >= 11 is 1.75. The molecule has 1 saturated heterocycles. The molecular weight excluding hydrogens is 132 g/mol. The second-order valence-corrected chi connectivity index (χ2v) is 3.42. The van der Waals surface area contributed by atoms with E-state index in [1.807, 2.05) is 0 Å². The van der Waals surface area contributed by atoms with Gasteiger partial charge >= 0.3 is 0 Å². The van der Waals surface area contributed by atoms with E-state index in [0.29, 0.717) is 0 Å². The largest absolute Gasteiger partial charge is 0.294 e. The first-order valence-electron chi connectivity index (χ1n) is 3.12. The Kier molecular flexibility index (Phi) is 2.34. The Morgan fingerprint density at radius 2 is 2.56 bits per heavy atom. The lowest BCUT2D eigenvalue weighted by molar-refractivity contribution is -0.114. The molecule has 0 bridgehead atoms. The summed E-state index contributed by atoms with van der Waals surface area (Å²) in [7, 11) is 0. The summed E-state index contributed by atoms with van der Waals surface area (Å²) < 4.78 is 0. The van der Waals surface area contributed by atoms with E-state index in [-0.39, 0.29) is 11.0 Å². The van der Waals surface area contributed by atoms with Crippen molar-refractivity contribution in [3.8, 4) is 0 Å². The Bertz CT molecular complexity index is 125. The maximum atomic E-state index is 10.9. The van der Waals surface area contributed by atoms with Crippen LogP contribution in [0.2, 0.25) is 0 Å². The van der Waals surface area contributed by atoms with Gasteiger partial charge in [0.1, 0.15) is 0 Å². The maximum Gasteiger partial charge on any atom is 0.168 e. The van der Waals surface area contributed by atoms with Crippen LogP contribution in [-0.2, 0) is 4.79 Å². The molecule has 0 aliphatic carbocycles. The molecule has 1 unspecified atom stereocenters. The fraction of sp³-hybridized carbons (Fsp3) is 0.571. The minimum atomic E-state index is 0.206.